The smallest absolute Gasteiger partial charge is 0.319 e. The van der Waals surface area contributed by atoms with Gasteiger partial charge < -0.3 is 20.1 Å². The lowest BCUT2D eigenvalue weighted by Gasteiger charge is -2.34. The quantitative estimate of drug-likeness (QED) is 0.334. The molecule has 0 spiro atoms. The zero-order chi connectivity index (χ0) is 32.0. The van der Waals surface area contributed by atoms with Crippen LogP contribution in [0.1, 0.15) is 40.4 Å². The van der Waals surface area contributed by atoms with Crippen molar-refractivity contribution in [3.8, 4) is 29.8 Å². The van der Waals surface area contributed by atoms with Crippen molar-refractivity contribution < 1.29 is 21.4 Å². The van der Waals surface area contributed by atoms with Crippen LogP contribution >= 0.6 is 0 Å². The van der Waals surface area contributed by atoms with E-state index in [0.717, 1.165) is 17.5 Å². The number of phenolic OH excluding ortho intramolecular Hbond substituents is 1. The Morgan fingerprint density at radius 2 is 2.05 bits per heavy atom. The van der Waals surface area contributed by atoms with E-state index in [1.807, 2.05) is 0 Å². The van der Waals surface area contributed by atoms with E-state index < -0.39 is 29.6 Å². The molecule has 0 saturated carbocycles. The van der Waals surface area contributed by atoms with Crippen molar-refractivity contribution in [2.45, 2.75) is 55.9 Å². The van der Waals surface area contributed by atoms with Crippen LogP contribution < -0.4 is 20.5 Å². The zero-order valence-corrected chi connectivity index (χ0v) is 23.8. The van der Waals surface area contributed by atoms with Gasteiger partial charge in [0.1, 0.15) is 35.7 Å². The number of hydrogen-bond acceptors (Lipinski definition) is 9. The molecule has 8 rings (SSSR count). The molecule has 0 amide bonds. The van der Waals surface area contributed by atoms with Crippen molar-refractivity contribution in [2.75, 3.05) is 37.6 Å². The minimum atomic E-state index is -1.65. The van der Waals surface area contributed by atoms with Gasteiger partial charge in [0, 0.05) is 52.3 Å². The van der Waals surface area contributed by atoms with Gasteiger partial charge in [0.15, 0.2) is 0 Å². The average Bonchev–Trinajstić information content (AvgIpc) is 3.64. The normalized spacial score (nSPS) is 28.2. The highest BCUT2D eigenvalue weighted by Gasteiger charge is 2.49. The van der Waals surface area contributed by atoms with E-state index in [0.29, 0.717) is 36.1 Å². The number of piperazine rings is 1. The second-order valence-electron chi connectivity index (χ2n) is 12.2. The molecule has 2 bridgehead atoms. The van der Waals surface area contributed by atoms with Crippen LogP contribution in [0.25, 0.3) is 27.4 Å². The van der Waals surface area contributed by atoms with Crippen LogP contribution in [0.3, 0.4) is 0 Å². The minimum absolute atomic E-state index is 0.0121. The lowest BCUT2D eigenvalue weighted by atomic mass is 9.95. The molecule has 10 nitrogen and oxygen atoms in total. The molecule has 0 aliphatic carbocycles. The van der Waals surface area contributed by atoms with Gasteiger partial charge in [-0.25, -0.2) is 8.78 Å². The van der Waals surface area contributed by atoms with Gasteiger partial charge in [-0.1, -0.05) is 12.0 Å². The number of phenols is 1. The first-order valence-corrected chi connectivity index (χ1v) is 14.8. The molecule has 226 valence electrons. The van der Waals surface area contributed by atoms with Crippen molar-refractivity contribution in [2.24, 2.45) is 0 Å². The SMILES string of the molecule is [2H]C1([2H])CC[C@@]2(COc3nc(N4C[C@H]5CC[C@@H](C4)N5)c4cnn(-c5cc(O)cc6ccc(F)c(C#C)c56)c(=O)c4n3)C[C@@H](F)CN12. The number of hydrogen-bond donors (Lipinski definition) is 2. The summed E-state index contributed by atoms with van der Waals surface area (Å²) < 4.78 is 53.4. The molecule has 0 radical (unpaired) electrons. The van der Waals surface area contributed by atoms with Crippen molar-refractivity contribution in [1.82, 2.24) is 30.0 Å². The highest BCUT2D eigenvalue weighted by Crippen LogP contribution is 2.40. The molecule has 2 aromatic heterocycles. The Bertz CT molecular complexity index is 2010. The molecule has 6 heterocycles. The fourth-order valence-electron chi connectivity index (χ4n) is 7.43. The summed E-state index contributed by atoms with van der Waals surface area (Å²) in [6, 6.07) is 5.80. The number of anilines is 1. The fraction of sp³-hybridized carbons (Fsp3) is 0.438. The van der Waals surface area contributed by atoms with Crippen molar-refractivity contribution >= 4 is 27.5 Å². The number of terminal acetylenes is 1. The number of nitrogens with zero attached hydrogens (tertiary/aromatic N) is 6. The summed E-state index contributed by atoms with van der Waals surface area (Å²) in [6.45, 7) is -0.423. The number of fused-ring (bicyclic) bond motifs is 5. The molecule has 4 aliphatic rings. The monoisotopic (exact) mass is 601 g/mol. The Morgan fingerprint density at radius 3 is 2.84 bits per heavy atom. The van der Waals surface area contributed by atoms with Gasteiger partial charge in [0.2, 0.25) is 0 Å². The number of benzene rings is 2. The van der Waals surface area contributed by atoms with E-state index in [2.05, 4.69) is 26.2 Å². The predicted molar refractivity (Wildman–Crippen MR) is 161 cm³/mol. The van der Waals surface area contributed by atoms with Crippen LogP contribution in [0.4, 0.5) is 14.6 Å². The summed E-state index contributed by atoms with van der Waals surface area (Å²) in [5.41, 5.74) is -1.52. The van der Waals surface area contributed by atoms with Gasteiger partial charge >= 0.3 is 6.01 Å². The molecule has 4 aromatic rings. The molecule has 4 aliphatic heterocycles. The summed E-state index contributed by atoms with van der Waals surface area (Å²) in [5.74, 6) is 2.00. The third-order valence-electron chi connectivity index (χ3n) is 9.44. The summed E-state index contributed by atoms with van der Waals surface area (Å²) in [6.07, 6.45) is 8.79. The first-order chi connectivity index (χ1) is 22.0. The van der Waals surface area contributed by atoms with E-state index >= 15 is 0 Å². The van der Waals surface area contributed by atoms with Gasteiger partial charge in [0.25, 0.3) is 5.56 Å². The first kappa shape index (κ1) is 25.0. The number of aromatic nitrogens is 4. The number of halogens is 2. The van der Waals surface area contributed by atoms with Crippen LogP contribution in [0.2, 0.25) is 0 Å². The highest BCUT2D eigenvalue weighted by molar-refractivity contribution is 5.97. The number of rotatable bonds is 5. The molecule has 0 unspecified atom stereocenters. The molecular weight excluding hydrogens is 568 g/mol. The second-order valence-corrected chi connectivity index (χ2v) is 12.2. The number of aromatic hydroxyl groups is 1. The van der Waals surface area contributed by atoms with E-state index in [1.165, 1.54) is 30.5 Å². The number of ether oxygens (including phenoxy) is 1. The molecule has 4 fully saturated rings. The standard InChI is InChI=1S/C32H31F2N7O3/c1-2-23-25(34)7-4-18-10-22(42)11-26(27(18)23)41-30(43)28-24(13-35-41)29(39-15-20-5-6-21(16-39)36-20)38-31(37-28)44-17-32-8-3-9-40(32)14-19(33)12-32/h1,4,7,10-11,13,19-21,36,42H,3,5-6,8-9,12,14-17H2/t19-,20-,21+,32+/m1/s1/i9D2. The number of alkyl halides is 1. The predicted octanol–water partition coefficient (Wildman–Crippen LogP) is 3.05. The van der Waals surface area contributed by atoms with Gasteiger partial charge in [0.05, 0.1) is 28.4 Å². The van der Waals surface area contributed by atoms with Crippen LogP contribution in [0.5, 0.6) is 11.8 Å². The number of nitrogens with one attached hydrogen (secondary N) is 1. The first-order valence-electron chi connectivity index (χ1n) is 15.8. The summed E-state index contributed by atoms with van der Waals surface area (Å²) in [5, 5.41) is 19.6. The van der Waals surface area contributed by atoms with Crippen molar-refractivity contribution in [3.05, 3.63) is 52.2 Å². The summed E-state index contributed by atoms with van der Waals surface area (Å²) >= 11 is 0. The van der Waals surface area contributed by atoms with Crippen LogP contribution in [0, 0.1) is 18.2 Å². The van der Waals surface area contributed by atoms with Crippen molar-refractivity contribution in [1.29, 1.82) is 0 Å². The molecular formula is C32H31F2N7O3. The Morgan fingerprint density at radius 1 is 1.23 bits per heavy atom. The Balaban J connectivity index is 1.27. The van der Waals surface area contributed by atoms with Gasteiger partial charge in [-0.2, -0.15) is 19.7 Å². The molecule has 2 N–H and O–H groups in total. The Kier molecular flexibility index (Phi) is 5.75. The highest BCUT2D eigenvalue weighted by atomic mass is 19.1. The molecule has 4 saturated heterocycles. The average molecular weight is 602 g/mol. The minimum Gasteiger partial charge on any atom is -0.508 e. The lowest BCUT2D eigenvalue weighted by Crippen LogP contribution is -2.51. The summed E-state index contributed by atoms with van der Waals surface area (Å²) in [4.78, 5) is 27.2. The van der Waals surface area contributed by atoms with Crippen molar-refractivity contribution in [3.63, 3.8) is 0 Å². The fourth-order valence-corrected chi connectivity index (χ4v) is 7.43. The zero-order valence-electron chi connectivity index (χ0n) is 25.8. The Labute approximate surface area is 254 Å². The summed E-state index contributed by atoms with van der Waals surface area (Å²) in [7, 11) is 0. The second kappa shape index (κ2) is 10.1. The van der Waals surface area contributed by atoms with Gasteiger partial charge in [-0.05, 0) is 49.7 Å². The maximum absolute atomic E-state index is 14.8. The molecule has 2 aromatic carbocycles. The largest absolute Gasteiger partial charge is 0.508 e. The lowest BCUT2D eigenvalue weighted by molar-refractivity contribution is 0.107. The van der Waals surface area contributed by atoms with Gasteiger partial charge in [-0.15, -0.1) is 6.42 Å². The molecule has 44 heavy (non-hydrogen) atoms. The third-order valence-corrected chi connectivity index (χ3v) is 9.44. The van der Waals surface area contributed by atoms with E-state index in [9.17, 15) is 18.7 Å². The third kappa shape index (κ3) is 4.29. The van der Waals surface area contributed by atoms with E-state index in [4.69, 9.17) is 18.9 Å². The maximum atomic E-state index is 14.8. The van der Waals surface area contributed by atoms with Gasteiger partial charge in [-0.3, -0.25) is 9.69 Å². The van der Waals surface area contributed by atoms with Crippen LogP contribution in [-0.4, -0.2) is 86.3 Å². The maximum Gasteiger partial charge on any atom is 0.319 e. The topological polar surface area (TPSA) is 109 Å². The van der Waals surface area contributed by atoms with E-state index in [1.54, 1.807) is 4.90 Å². The molecule has 4 atom stereocenters. The Hall–Kier alpha value is -4.34. The van der Waals surface area contributed by atoms with Crippen LogP contribution in [-0.2, 0) is 0 Å². The molecule has 12 heteroatoms. The van der Waals surface area contributed by atoms with Crippen LogP contribution in [0.15, 0.2) is 35.3 Å². The van der Waals surface area contributed by atoms with E-state index in [-0.39, 0.29) is 72.0 Å².